The minimum absolute atomic E-state index is 0.144. The molecular formula is C19H24ClFN6O7P2S. The third kappa shape index (κ3) is 6.52. The molecule has 0 radical (unpaired) electrons. The number of aliphatic hydroxyl groups is 1. The summed E-state index contributed by atoms with van der Waals surface area (Å²) in [6, 6.07) is 4.72. The van der Waals surface area contributed by atoms with E-state index in [4.69, 9.17) is 26.6 Å². The van der Waals surface area contributed by atoms with Gasteiger partial charge in [-0.15, -0.1) is 0 Å². The van der Waals surface area contributed by atoms with E-state index in [1.807, 2.05) is 0 Å². The molecule has 37 heavy (non-hydrogen) atoms. The lowest BCUT2D eigenvalue weighted by Gasteiger charge is -2.19. The number of nitrogens with two attached hydrogens (primary N) is 1. The van der Waals surface area contributed by atoms with Crippen LogP contribution in [-0.2, 0) is 25.6 Å². The lowest BCUT2D eigenvalue weighted by atomic mass is 10.1. The molecule has 18 heteroatoms. The Kier molecular flexibility index (Phi) is 8.34. The Morgan fingerprint density at radius 2 is 2.05 bits per heavy atom. The average Bonchev–Trinajstić information content (AvgIpc) is 3.32. The lowest BCUT2D eigenvalue weighted by Crippen LogP contribution is -2.40. The summed E-state index contributed by atoms with van der Waals surface area (Å²) in [7, 11) is -4.47. The second kappa shape index (κ2) is 10.9. The molecule has 0 amide bonds. The van der Waals surface area contributed by atoms with Gasteiger partial charge in [-0.25, -0.2) is 9.07 Å². The van der Waals surface area contributed by atoms with E-state index in [9.17, 15) is 28.7 Å². The fourth-order valence-corrected chi connectivity index (χ4v) is 7.94. The largest absolute Gasteiger partial charge is 0.389 e. The first-order valence-electron chi connectivity index (χ1n) is 10.8. The van der Waals surface area contributed by atoms with Crippen molar-refractivity contribution in [1.82, 2.24) is 19.7 Å². The van der Waals surface area contributed by atoms with E-state index in [0.717, 1.165) is 0 Å². The molecule has 7 N–H and O–H groups in total. The molecule has 1 aliphatic heterocycles. The van der Waals surface area contributed by atoms with Gasteiger partial charge in [0.15, 0.2) is 18.4 Å². The van der Waals surface area contributed by atoms with E-state index < -0.39 is 62.9 Å². The van der Waals surface area contributed by atoms with E-state index in [2.05, 4.69) is 32.2 Å². The molecule has 1 aromatic carbocycles. The van der Waals surface area contributed by atoms with Gasteiger partial charge in [0.2, 0.25) is 5.28 Å². The van der Waals surface area contributed by atoms with Crippen molar-refractivity contribution in [3.8, 4) is 0 Å². The Morgan fingerprint density at radius 3 is 2.73 bits per heavy atom. The van der Waals surface area contributed by atoms with Gasteiger partial charge in [0.05, 0.1) is 30.3 Å². The molecule has 3 heterocycles. The van der Waals surface area contributed by atoms with Gasteiger partial charge in [0, 0.05) is 5.56 Å². The first-order chi connectivity index (χ1) is 17.3. The highest BCUT2D eigenvalue weighted by molar-refractivity contribution is 8.11. The Balaban J connectivity index is 1.56. The molecule has 1 aliphatic rings. The number of fused-ring (bicyclic) bond motifs is 1. The quantitative estimate of drug-likeness (QED) is 0.155. The van der Waals surface area contributed by atoms with Crippen molar-refractivity contribution in [2.75, 3.05) is 17.8 Å². The smallest absolute Gasteiger partial charge is 0.337 e. The molecular weight excluding hydrogens is 573 g/mol. The van der Waals surface area contributed by atoms with Crippen LogP contribution in [0.25, 0.3) is 11.0 Å². The van der Waals surface area contributed by atoms with E-state index in [0.29, 0.717) is 10.9 Å². The molecule has 1 fully saturated rings. The summed E-state index contributed by atoms with van der Waals surface area (Å²) in [5.74, 6) is -1.14. The summed E-state index contributed by atoms with van der Waals surface area (Å²) in [5, 5.41) is 18.2. The normalized spacial score (nSPS) is 24.8. The van der Waals surface area contributed by atoms with Crippen molar-refractivity contribution >= 4 is 54.3 Å². The predicted octanol–water partition coefficient (Wildman–Crippen LogP) is 1.83. The molecule has 1 saturated heterocycles. The van der Waals surface area contributed by atoms with Crippen molar-refractivity contribution in [3.05, 3.63) is 47.1 Å². The number of hydrogen-bond acceptors (Lipinski definition) is 10. The van der Waals surface area contributed by atoms with Crippen LogP contribution in [0.2, 0.25) is 5.28 Å². The van der Waals surface area contributed by atoms with Crippen LogP contribution in [0.3, 0.4) is 0 Å². The number of halogens is 2. The van der Waals surface area contributed by atoms with E-state index >= 15 is 0 Å². The van der Waals surface area contributed by atoms with Crippen LogP contribution >= 0.6 is 25.7 Å². The standard InChI is InChI=1S/C19H24ClFN6O7P2S/c1-9(10-4-2-3-5-12(10)21)24-16-11-6-23-27(17(11)26-19(20)25-16)18-14(22)15(28)13(34-18)7-33-35(29,30)8-36(31,32)37/h2-6,9,13-15,18,28H,7-8,22H2,1H3,(H,29,30)(H,24,25,26)(H2,31,32,37)/t9-,13+,14+,15+,18+/m0/s1. The van der Waals surface area contributed by atoms with Crippen molar-refractivity contribution in [2.45, 2.75) is 37.4 Å². The third-order valence-electron chi connectivity index (χ3n) is 5.61. The number of benzene rings is 1. The molecule has 6 atom stereocenters. The van der Waals surface area contributed by atoms with Gasteiger partial charge in [0.1, 0.15) is 29.7 Å². The van der Waals surface area contributed by atoms with Crippen LogP contribution in [-0.4, -0.2) is 70.3 Å². The van der Waals surface area contributed by atoms with Crippen LogP contribution in [0, 0.1) is 5.82 Å². The van der Waals surface area contributed by atoms with Gasteiger partial charge in [-0.1, -0.05) is 18.2 Å². The highest BCUT2D eigenvalue weighted by Gasteiger charge is 2.45. The number of aromatic nitrogens is 4. The first kappa shape index (κ1) is 28.4. The molecule has 202 valence electrons. The van der Waals surface area contributed by atoms with Gasteiger partial charge in [0.25, 0.3) is 0 Å². The zero-order chi connectivity index (χ0) is 27.1. The number of anilines is 1. The number of aliphatic hydroxyl groups excluding tert-OH is 1. The number of rotatable bonds is 9. The molecule has 0 saturated carbocycles. The monoisotopic (exact) mass is 596 g/mol. The summed E-state index contributed by atoms with van der Waals surface area (Å²) >= 11 is 10.5. The van der Waals surface area contributed by atoms with E-state index in [-0.39, 0.29) is 16.7 Å². The highest BCUT2D eigenvalue weighted by atomic mass is 35.5. The van der Waals surface area contributed by atoms with Gasteiger partial charge in [-0.3, -0.25) is 4.57 Å². The summed E-state index contributed by atoms with van der Waals surface area (Å²) < 4.78 is 38.2. The SMILES string of the molecule is C[C@H](Nc1nc(Cl)nc2c1cnn2[C@@H]1O[C@H](COP(=O)(O)CP(O)(O)=S)[C@@H](O)[C@H]1N)c1ccccc1F. The van der Waals surface area contributed by atoms with E-state index in [1.165, 1.54) is 16.9 Å². The second-order valence-corrected chi connectivity index (χ2v) is 14.5. The van der Waals surface area contributed by atoms with Crippen LogP contribution in [0.15, 0.2) is 30.5 Å². The van der Waals surface area contributed by atoms with Crippen molar-refractivity contribution in [2.24, 2.45) is 5.73 Å². The Bertz CT molecular complexity index is 1400. The van der Waals surface area contributed by atoms with Gasteiger partial charge < -0.3 is 40.1 Å². The number of nitrogens with one attached hydrogen (secondary N) is 1. The zero-order valence-corrected chi connectivity index (χ0v) is 22.5. The molecule has 0 spiro atoms. The first-order valence-corrected chi connectivity index (χ1v) is 15.8. The maximum Gasteiger partial charge on any atom is 0.337 e. The molecule has 1 unspecified atom stereocenters. The number of hydrogen-bond donors (Lipinski definition) is 6. The lowest BCUT2D eigenvalue weighted by molar-refractivity contribution is -0.0441. The molecule has 13 nitrogen and oxygen atoms in total. The van der Waals surface area contributed by atoms with Gasteiger partial charge in [-0.2, -0.15) is 15.1 Å². The Morgan fingerprint density at radius 1 is 1.35 bits per heavy atom. The molecule has 0 aliphatic carbocycles. The fraction of sp³-hybridized carbons (Fsp3) is 0.421. The minimum atomic E-state index is -4.47. The topological polar surface area (TPSA) is 198 Å². The molecule has 2 aromatic heterocycles. The van der Waals surface area contributed by atoms with Crippen LogP contribution in [0.5, 0.6) is 0 Å². The minimum Gasteiger partial charge on any atom is -0.389 e. The maximum absolute atomic E-state index is 14.2. The van der Waals surface area contributed by atoms with Crippen LogP contribution in [0.4, 0.5) is 10.2 Å². The molecule has 0 bridgehead atoms. The van der Waals surface area contributed by atoms with Crippen molar-refractivity contribution in [1.29, 1.82) is 0 Å². The Hall–Kier alpha value is -1.61. The van der Waals surface area contributed by atoms with Crippen molar-refractivity contribution in [3.63, 3.8) is 0 Å². The summed E-state index contributed by atoms with van der Waals surface area (Å²) in [6.45, 7) is -2.84. The second-order valence-electron chi connectivity index (χ2n) is 8.43. The highest BCUT2D eigenvalue weighted by Crippen LogP contribution is 2.55. The maximum atomic E-state index is 14.2. The molecule has 4 rings (SSSR count). The van der Waals surface area contributed by atoms with Crippen LogP contribution in [0.1, 0.15) is 24.8 Å². The summed E-state index contributed by atoms with van der Waals surface area (Å²) in [4.78, 5) is 36.8. The van der Waals surface area contributed by atoms with Gasteiger partial charge in [-0.05, 0) is 36.4 Å². The average molecular weight is 597 g/mol. The zero-order valence-electron chi connectivity index (χ0n) is 19.1. The van der Waals surface area contributed by atoms with Gasteiger partial charge >= 0.3 is 7.60 Å². The fourth-order valence-electron chi connectivity index (χ4n) is 3.89. The predicted molar refractivity (Wildman–Crippen MR) is 136 cm³/mol. The van der Waals surface area contributed by atoms with E-state index in [1.54, 1.807) is 25.1 Å². The van der Waals surface area contributed by atoms with Crippen molar-refractivity contribution < 1.29 is 38.0 Å². The summed E-state index contributed by atoms with van der Waals surface area (Å²) in [5.41, 5.74) is 6.74. The number of nitrogens with zero attached hydrogens (tertiary/aromatic N) is 4. The Labute approximate surface area is 220 Å². The third-order valence-corrected chi connectivity index (χ3v) is 10.3. The number of ether oxygens (including phenoxy) is 1. The summed E-state index contributed by atoms with van der Waals surface area (Å²) in [6.07, 6.45) is -2.16. The van der Waals surface area contributed by atoms with Crippen LogP contribution < -0.4 is 11.1 Å². The molecule has 3 aromatic rings.